The van der Waals surface area contributed by atoms with Crippen LogP contribution in [-0.4, -0.2) is 36.1 Å². The number of nitrogens with one attached hydrogen (secondary N) is 1. The Kier molecular flexibility index (Phi) is 6.77. The van der Waals surface area contributed by atoms with Gasteiger partial charge in [0.15, 0.2) is 0 Å². The molecule has 1 aliphatic heterocycles. The van der Waals surface area contributed by atoms with E-state index in [1.165, 1.54) is 16.8 Å². The van der Waals surface area contributed by atoms with Crippen molar-refractivity contribution in [2.75, 3.05) is 30.5 Å². The zero-order chi connectivity index (χ0) is 22.7. The highest BCUT2D eigenvalue weighted by Crippen LogP contribution is 2.26. The Morgan fingerprint density at radius 3 is 2.47 bits per heavy atom. The highest BCUT2D eigenvalue weighted by atomic mass is 35.5. The van der Waals surface area contributed by atoms with Gasteiger partial charge in [0, 0.05) is 37.0 Å². The second kappa shape index (κ2) is 9.71. The smallest absolute Gasteiger partial charge is 0.292 e. The predicted octanol–water partition coefficient (Wildman–Crippen LogP) is 5.02. The Morgan fingerprint density at radius 2 is 1.84 bits per heavy atom. The number of aromatic nitrogens is 2. The quantitative estimate of drug-likeness (QED) is 0.564. The molecule has 32 heavy (non-hydrogen) atoms. The second-order valence-electron chi connectivity index (χ2n) is 8.05. The predicted molar refractivity (Wildman–Crippen MR) is 126 cm³/mol. The molecule has 6 nitrogen and oxygen atoms in total. The molecule has 2 unspecified atom stereocenters. The SMILES string of the molecule is CC(Nc1cnn(-c2ccc(N(C)c3ccc(F)cc3)cc2)c(=O)c1Cl)C1CCCOC1. The van der Waals surface area contributed by atoms with E-state index in [-0.39, 0.29) is 22.4 Å². The molecule has 0 aliphatic carbocycles. The lowest BCUT2D eigenvalue weighted by atomic mass is 9.95. The molecule has 1 saturated heterocycles. The van der Waals surface area contributed by atoms with Gasteiger partial charge < -0.3 is 15.0 Å². The Labute approximate surface area is 191 Å². The van der Waals surface area contributed by atoms with Crippen LogP contribution in [0.5, 0.6) is 0 Å². The lowest BCUT2D eigenvalue weighted by Crippen LogP contribution is -2.33. The zero-order valence-corrected chi connectivity index (χ0v) is 18.8. The van der Waals surface area contributed by atoms with E-state index in [0.29, 0.717) is 23.9 Å². The van der Waals surface area contributed by atoms with E-state index in [2.05, 4.69) is 17.3 Å². The van der Waals surface area contributed by atoms with Crippen LogP contribution in [-0.2, 0) is 4.74 Å². The van der Waals surface area contributed by atoms with Crippen molar-refractivity contribution < 1.29 is 9.13 Å². The van der Waals surface area contributed by atoms with Crippen molar-refractivity contribution in [1.82, 2.24) is 9.78 Å². The fourth-order valence-corrected chi connectivity index (χ4v) is 4.06. The number of nitrogens with zero attached hydrogens (tertiary/aromatic N) is 3. The summed E-state index contributed by atoms with van der Waals surface area (Å²) in [6, 6.07) is 13.7. The monoisotopic (exact) mass is 456 g/mol. The highest BCUT2D eigenvalue weighted by molar-refractivity contribution is 6.33. The normalized spacial score (nSPS) is 17.1. The van der Waals surface area contributed by atoms with E-state index in [1.807, 2.05) is 24.1 Å². The molecule has 0 radical (unpaired) electrons. The summed E-state index contributed by atoms with van der Waals surface area (Å²) in [6.07, 6.45) is 3.70. The molecule has 0 bridgehead atoms. The number of hydrogen-bond donors (Lipinski definition) is 1. The number of anilines is 3. The summed E-state index contributed by atoms with van der Waals surface area (Å²) in [4.78, 5) is 14.8. The molecule has 3 aromatic rings. The third kappa shape index (κ3) is 4.79. The standard InChI is InChI=1S/C24H26ClFN4O2/c1-16(17-4-3-13-32-15-17)28-22-14-27-30(24(31)23(22)25)21-11-9-20(10-12-21)29(2)19-7-5-18(26)6-8-19/h5-12,14,16-17,28H,3-4,13,15H2,1-2H3. The molecule has 2 heterocycles. The van der Waals surface area contributed by atoms with Crippen LogP contribution in [0.25, 0.3) is 5.69 Å². The number of hydrogen-bond acceptors (Lipinski definition) is 5. The van der Waals surface area contributed by atoms with Gasteiger partial charge >= 0.3 is 0 Å². The van der Waals surface area contributed by atoms with Gasteiger partial charge in [0.1, 0.15) is 10.8 Å². The van der Waals surface area contributed by atoms with Crippen molar-refractivity contribution >= 4 is 28.7 Å². The minimum Gasteiger partial charge on any atom is -0.381 e. The van der Waals surface area contributed by atoms with Gasteiger partial charge in [-0.25, -0.2) is 4.39 Å². The minimum absolute atomic E-state index is 0.107. The second-order valence-corrected chi connectivity index (χ2v) is 8.43. The first kappa shape index (κ1) is 22.3. The molecular weight excluding hydrogens is 431 g/mol. The van der Waals surface area contributed by atoms with Crippen molar-refractivity contribution in [3.63, 3.8) is 0 Å². The first-order chi connectivity index (χ1) is 15.4. The van der Waals surface area contributed by atoms with Gasteiger partial charge in [0.2, 0.25) is 0 Å². The lowest BCUT2D eigenvalue weighted by molar-refractivity contribution is 0.0496. The third-order valence-electron chi connectivity index (χ3n) is 5.90. The summed E-state index contributed by atoms with van der Waals surface area (Å²) in [5.41, 5.74) is 2.49. The van der Waals surface area contributed by atoms with Crippen molar-refractivity contribution in [1.29, 1.82) is 0 Å². The summed E-state index contributed by atoms with van der Waals surface area (Å²) in [7, 11) is 1.89. The molecule has 0 spiro atoms. The Bertz CT molecular complexity index is 1110. The van der Waals surface area contributed by atoms with Crippen LogP contribution < -0.4 is 15.8 Å². The Morgan fingerprint density at radius 1 is 1.19 bits per heavy atom. The molecule has 0 amide bonds. The fourth-order valence-electron chi connectivity index (χ4n) is 3.87. The molecule has 0 saturated carbocycles. The number of benzene rings is 2. The first-order valence-electron chi connectivity index (χ1n) is 10.7. The number of halogens is 2. The van der Waals surface area contributed by atoms with Crippen LogP contribution in [0.1, 0.15) is 19.8 Å². The van der Waals surface area contributed by atoms with Crippen LogP contribution in [0, 0.1) is 11.7 Å². The maximum atomic E-state index is 13.2. The van der Waals surface area contributed by atoms with Crippen LogP contribution in [0.3, 0.4) is 0 Å². The van der Waals surface area contributed by atoms with Gasteiger partial charge in [0.05, 0.1) is 24.2 Å². The molecule has 8 heteroatoms. The van der Waals surface area contributed by atoms with E-state index in [9.17, 15) is 9.18 Å². The average molecular weight is 457 g/mol. The molecule has 2 aromatic carbocycles. The maximum absolute atomic E-state index is 13.2. The number of rotatable bonds is 6. The largest absolute Gasteiger partial charge is 0.381 e. The summed E-state index contributed by atoms with van der Waals surface area (Å²) in [5.74, 6) is 0.0899. The number of ether oxygens (including phenoxy) is 1. The van der Waals surface area contributed by atoms with E-state index in [1.54, 1.807) is 30.5 Å². The van der Waals surface area contributed by atoms with Gasteiger partial charge in [-0.2, -0.15) is 9.78 Å². The van der Waals surface area contributed by atoms with E-state index >= 15 is 0 Å². The van der Waals surface area contributed by atoms with Crippen LogP contribution in [0.2, 0.25) is 5.02 Å². The van der Waals surface area contributed by atoms with Crippen molar-refractivity contribution in [3.8, 4) is 5.69 Å². The van der Waals surface area contributed by atoms with E-state index in [0.717, 1.165) is 30.8 Å². The lowest BCUT2D eigenvalue weighted by Gasteiger charge is -2.29. The van der Waals surface area contributed by atoms with Crippen molar-refractivity contribution in [2.45, 2.75) is 25.8 Å². The van der Waals surface area contributed by atoms with Crippen molar-refractivity contribution in [2.24, 2.45) is 5.92 Å². The summed E-state index contributed by atoms with van der Waals surface area (Å²) < 4.78 is 20.0. The minimum atomic E-state index is -0.386. The summed E-state index contributed by atoms with van der Waals surface area (Å²) in [6.45, 7) is 3.58. The Balaban J connectivity index is 1.51. The third-order valence-corrected chi connectivity index (χ3v) is 6.27. The van der Waals surface area contributed by atoms with Gasteiger partial charge in [-0.15, -0.1) is 0 Å². The maximum Gasteiger partial charge on any atom is 0.292 e. The molecule has 1 aromatic heterocycles. The Hall–Kier alpha value is -2.90. The molecular formula is C24H26ClFN4O2. The molecule has 1 fully saturated rings. The summed E-state index contributed by atoms with van der Waals surface area (Å²) in [5, 5.41) is 7.75. The van der Waals surface area contributed by atoms with Gasteiger partial charge in [-0.1, -0.05) is 11.6 Å². The van der Waals surface area contributed by atoms with Gasteiger partial charge in [-0.3, -0.25) is 4.79 Å². The topological polar surface area (TPSA) is 59.4 Å². The zero-order valence-electron chi connectivity index (χ0n) is 18.1. The average Bonchev–Trinajstić information content (AvgIpc) is 2.83. The van der Waals surface area contributed by atoms with Gasteiger partial charge in [0.25, 0.3) is 5.56 Å². The van der Waals surface area contributed by atoms with Crippen LogP contribution in [0.15, 0.2) is 59.5 Å². The summed E-state index contributed by atoms with van der Waals surface area (Å²) >= 11 is 6.40. The van der Waals surface area contributed by atoms with Gasteiger partial charge in [-0.05, 0) is 68.3 Å². The molecule has 168 valence electrons. The van der Waals surface area contributed by atoms with Crippen LogP contribution >= 0.6 is 11.6 Å². The van der Waals surface area contributed by atoms with Crippen LogP contribution in [0.4, 0.5) is 21.5 Å². The molecule has 1 aliphatic rings. The first-order valence-corrected chi connectivity index (χ1v) is 11.0. The molecule has 1 N–H and O–H groups in total. The van der Waals surface area contributed by atoms with E-state index in [4.69, 9.17) is 16.3 Å². The highest BCUT2D eigenvalue weighted by Gasteiger charge is 2.22. The molecule has 2 atom stereocenters. The molecule has 4 rings (SSSR count). The fraction of sp³-hybridized carbons (Fsp3) is 0.333. The van der Waals surface area contributed by atoms with E-state index < -0.39 is 0 Å². The van der Waals surface area contributed by atoms with Crippen molar-refractivity contribution in [3.05, 3.63) is 75.9 Å².